The molecule has 1 N–H and O–H groups in total. The summed E-state index contributed by atoms with van der Waals surface area (Å²) in [5.74, 6) is -0.577. The quantitative estimate of drug-likeness (QED) is 0.917. The van der Waals surface area contributed by atoms with E-state index in [1.807, 2.05) is 0 Å². The second kappa shape index (κ2) is 7.51. The molecule has 0 saturated carbocycles. The molecule has 3 amide bonds. The lowest BCUT2D eigenvalue weighted by Crippen LogP contribution is -2.42. The Labute approximate surface area is 151 Å². The number of amides is 3. The van der Waals surface area contributed by atoms with Crippen molar-refractivity contribution in [1.82, 2.24) is 20.1 Å². The molecule has 1 aromatic carbocycles. The molecular weight excluding hydrogens is 335 g/mol. The van der Waals surface area contributed by atoms with Crippen LogP contribution in [0.3, 0.4) is 0 Å². The molecule has 1 aliphatic rings. The first-order valence-corrected chi connectivity index (χ1v) is 8.40. The molecule has 0 fully saturated rings. The number of nitrogens with zero attached hydrogens (tertiary/aromatic N) is 3. The molecule has 0 spiro atoms. The molecule has 2 aromatic rings. The van der Waals surface area contributed by atoms with Crippen molar-refractivity contribution in [2.24, 2.45) is 0 Å². The molecule has 7 heteroatoms. The van der Waals surface area contributed by atoms with Crippen LogP contribution in [0.5, 0.6) is 0 Å². The maximum Gasteiger partial charge on any atom is 0.319 e. The van der Waals surface area contributed by atoms with Crippen molar-refractivity contribution in [3.63, 3.8) is 0 Å². The number of urea groups is 1. The molecule has 1 aliphatic heterocycles. The zero-order chi connectivity index (χ0) is 18.7. The Morgan fingerprint density at radius 2 is 2.12 bits per heavy atom. The minimum Gasteiger partial charge on any atom is -0.348 e. The van der Waals surface area contributed by atoms with Gasteiger partial charge in [-0.2, -0.15) is 0 Å². The van der Waals surface area contributed by atoms with Gasteiger partial charge in [-0.25, -0.2) is 9.18 Å². The van der Waals surface area contributed by atoms with Gasteiger partial charge >= 0.3 is 6.03 Å². The van der Waals surface area contributed by atoms with Gasteiger partial charge in [0.15, 0.2) is 0 Å². The molecule has 136 valence electrons. The average molecular weight is 356 g/mol. The van der Waals surface area contributed by atoms with Crippen LogP contribution in [-0.4, -0.2) is 47.4 Å². The van der Waals surface area contributed by atoms with E-state index in [-0.39, 0.29) is 24.3 Å². The predicted molar refractivity (Wildman–Crippen MR) is 95.0 cm³/mol. The van der Waals surface area contributed by atoms with Crippen molar-refractivity contribution in [3.8, 4) is 0 Å². The molecule has 6 nitrogen and oxygen atoms in total. The number of rotatable bonds is 3. The molecule has 0 bridgehead atoms. The van der Waals surface area contributed by atoms with Crippen molar-refractivity contribution in [1.29, 1.82) is 0 Å². The van der Waals surface area contributed by atoms with Crippen molar-refractivity contribution in [2.75, 3.05) is 20.6 Å². The maximum atomic E-state index is 13.2. The van der Waals surface area contributed by atoms with Crippen LogP contribution in [0.4, 0.5) is 9.18 Å². The van der Waals surface area contributed by atoms with E-state index >= 15 is 0 Å². The van der Waals surface area contributed by atoms with E-state index in [2.05, 4.69) is 10.3 Å². The Morgan fingerprint density at radius 1 is 1.31 bits per heavy atom. The second-order valence-electron chi connectivity index (χ2n) is 6.49. The minimum absolute atomic E-state index is 0.0587. The predicted octanol–water partition coefficient (Wildman–Crippen LogP) is 2.19. The highest BCUT2D eigenvalue weighted by Gasteiger charge is 2.25. The first-order valence-electron chi connectivity index (χ1n) is 8.40. The first kappa shape index (κ1) is 17.8. The number of carbonyl (C=O) groups is 2. The Morgan fingerprint density at radius 3 is 2.85 bits per heavy atom. The molecule has 26 heavy (non-hydrogen) atoms. The smallest absolute Gasteiger partial charge is 0.319 e. The summed E-state index contributed by atoms with van der Waals surface area (Å²) in [5, 5.41) is 2.81. The highest BCUT2D eigenvalue weighted by molar-refractivity contribution is 5.95. The molecule has 0 atom stereocenters. The maximum absolute atomic E-state index is 13.2. The van der Waals surface area contributed by atoms with Crippen LogP contribution < -0.4 is 5.32 Å². The second-order valence-corrected chi connectivity index (χ2v) is 6.49. The number of carbonyl (C=O) groups excluding carboxylic acids is 2. The lowest BCUT2D eigenvalue weighted by atomic mass is 9.97. The topological polar surface area (TPSA) is 65.5 Å². The zero-order valence-electron chi connectivity index (χ0n) is 14.8. The Hall–Kier alpha value is -2.96. The molecule has 1 aromatic heterocycles. The van der Waals surface area contributed by atoms with Crippen molar-refractivity contribution < 1.29 is 14.0 Å². The van der Waals surface area contributed by atoms with Gasteiger partial charge in [-0.3, -0.25) is 9.78 Å². The standard InChI is InChI=1S/C19H21FN4O2/c1-23(2)19(26)24-7-6-16-14(12-24)10-21-11-17(16)18(25)22-9-13-4-3-5-15(20)8-13/h3-5,8,10-11H,6-7,9,12H2,1-2H3,(H,22,25). The van der Waals surface area contributed by atoms with E-state index in [0.29, 0.717) is 30.6 Å². The van der Waals surface area contributed by atoms with Gasteiger partial charge in [-0.05, 0) is 35.2 Å². The monoisotopic (exact) mass is 356 g/mol. The van der Waals surface area contributed by atoms with Gasteiger partial charge in [0.25, 0.3) is 5.91 Å². The summed E-state index contributed by atoms with van der Waals surface area (Å²) in [7, 11) is 3.43. The fraction of sp³-hybridized carbons (Fsp3) is 0.316. The van der Waals surface area contributed by atoms with Crippen LogP contribution in [-0.2, 0) is 19.5 Å². The summed E-state index contributed by atoms with van der Waals surface area (Å²) in [6, 6.07) is 6.07. The molecule has 0 unspecified atom stereocenters. The number of hydrogen-bond donors (Lipinski definition) is 1. The summed E-state index contributed by atoms with van der Waals surface area (Å²) < 4.78 is 13.2. The van der Waals surface area contributed by atoms with Crippen LogP contribution in [0, 0.1) is 5.82 Å². The third-order valence-corrected chi connectivity index (χ3v) is 4.38. The van der Waals surface area contributed by atoms with E-state index in [1.165, 1.54) is 17.0 Å². The minimum atomic E-state index is -0.332. The van der Waals surface area contributed by atoms with Crippen LogP contribution in [0.15, 0.2) is 36.7 Å². The van der Waals surface area contributed by atoms with E-state index < -0.39 is 0 Å². The number of halogens is 1. The number of benzene rings is 1. The van der Waals surface area contributed by atoms with E-state index in [4.69, 9.17) is 0 Å². The van der Waals surface area contributed by atoms with Gasteiger partial charge in [0.1, 0.15) is 5.82 Å². The number of aromatic nitrogens is 1. The molecule has 2 heterocycles. The number of fused-ring (bicyclic) bond motifs is 1. The molecule has 3 rings (SSSR count). The van der Waals surface area contributed by atoms with Gasteiger partial charge in [-0.15, -0.1) is 0 Å². The summed E-state index contributed by atoms with van der Waals surface area (Å²) in [4.78, 5) is 32.1. The highest BCUT2D eigenvalue weighted by Crippen LogP contribution is 2.22. The van der Waals surface area contributed by atoms with Crippen LogP contribution >= 0.6 is 0 Å². The van der Waals surface area contributed by atoms with E-state index in [1.54, 1.807) is 43.5 Å². The first-order chi connectivity index (χ1) is 12.5. The fourth-order valence-corrected chi connectivity index (χ4v) is 3.06. The third-order valence-electron chi connectivity index (χ3n) is 4.38. The molecular formula is C19H21FN4O2. The molecule has 0 aliphatic carbocycles. The largest absolute Gasteiger partial charge is 0.348 e. The number of pyridine rings is 1. The van der Waals surface area contributed by atoms with Gasteiger partial charge < -0.3 is 15.1 Å². The highest BCUT2D eigenvalue weighted by atomic mass is 19.1. The van der Waals surface area contributed by atoms with Gasteiger partial charge in [0, 0.05) is 46.1 Å². The third kappa shape index (κ3) is 3.82. The summed E-state index contributed by atoms with van der Waals surface area (Å²) in [6.07, 6.45) is 3.84. The normalized spacial score (nSPS) is 13.1. The SMILES string of the molecule is CN(C)C(=O)N1CCc2c(cncc2C(=O)NCc2cccc(F)c2)C1. The lowest BCUT2D eigenvalue weighted by molar-refractivity contribution is 0.0948. The average Bonchev–Trinajstić information content (AvgIpc) is 2.64. The Balaban J connectivity index is 1.73. The number of nitrogens with one attached hydrogen (secondary N) is 1. The summed E-state index contributed by atoms with van der Waals surface area (Å²) in [5.41, 5.74) is 3.00. The summed E-state index contributed by atoms with van der Waals surface area (Å²) >= 11 is 0. The van der Waals surface area contributed by atoms with E-state index in [9.17, 15) is 14.0 Å². The lowest BCUT2D eigenvalue weighted by Gasteiger charge is -2.31. The van der Waals surface area contributed by atoms with Crippen molar-refractivity contribution >= 4 is 11.9 Å². The fourth-order valence-electron chi connectivity index (χ4n) is 3.06. The summed E-state index contributed by atoms with van der Waals surface area (Å²) in [6.45, 7) is 1.23. The van der Waals surface area contributed by atoms with Crippen LogP contribution in [0.25, 0.3) is 0 Å². The molecule has 0 radical (unpaired) electrons. The van der Waals surface area contributed by atoms with Gasteiger partial charge in [-0.1, -0.05) is 12.1 Å². The van der Waals surface area contributed by atoms with Crippen molar-refractivity contribution in [3.05, 3.63) is 64.7 Å². The Bertz CT molecular complexity index is 838. The van der Waals surface area contributed by atoms with Crippen LogP contribution in [0.2, 0.25) is 0 Å². The van der Waals surface area contributed by atoms with E-state index in [0.717, 1.165) is 11.1 Å². The van der Waals surface area contributed by atoms with Gasteiger partial charge in [0.05, 0.1) is 5.56 Å². The van der Waals surface area contributed by atoms with Gasteiger partial charge in [0.2, 0.25) is 0 Å². The Kier molecular flexibility index (Phi) is 5.16. The molecule has 0 saturated heterocycles. The number of hydrogen-bond acceptors (Lipinski definition) is 3. The van der Waals surface area contributed by atoms with Crippen molar-refractivity contribution in [2.45, 2.75) is 19.5 Å². The zero-order valence-corrected chi connectivity index (χ0v) is 14.8. The van der Waals surface area contributed by atoms with Crippen LogP contribution in [0.1, 0.15) is 27.0 Å².